The van der Waals surface area contributed by atoms with E-state index in [1.807, 2.05) is 0 Å². The molecule has 2 heterocycles. The number of amides is 2. The average molecular weight is 443 g/mol. The van der Waals surface area contributed by atoms with E-state index in [0.29, 0.717) is 17.2 Å². The summed E-state index contributed by atoms with van der Waals surface area (Å²) < 4.78 is 5.07. The number of thiophene rings is 1. The van der Waals surface area contributed by atoms with Crippen molar-refractivity contribution in [1.82, 2.24) is 20.8 Å². The smallest absolute Gasteiger partial charge is 0.269 e. The van der Waals surface area contributed by atoms with Crippen molar-refractivity contribution < 1.29 is 14.3 Å². The Morgan fingerprint density at radius 3 is 2.80 bits per heavy atom. The molecule has 2 aromatic heterocycles. The zero-order chi connectivity index (χ0) is 21.1. The lowest BCUT2D eigenvalue weighted by atomic mass is 9.89. The number of methoxy groups -OCH3 is 1. The first-order valence-electron chi connectivity index (χ1n) is 9.66. The molecule has 1 aromatic carbocycles. The molecule has 1 aliphatic rings. The predicted molar refractivity (Wildman–Crippen MR) is 118 cm³/mol. The van der Waals surface area contributed by atoms with Gasteiger partial charge in [0.25, 0.3) is 5.91 Å². The number of benzene rings is 1. The number of aryl methyl sites for hydroxylation is 1. The van der Waals surface area contributed by atoms with Crippen LogP contribution in [0.5, 0.6) is 5.75 Å². The van der Waals surface area contributed by atoms with Gasteiger partial charge in [-0.3, -0.25) is 20.4 Å². The van der Waals surface area contributed by atoms with Crippen LogP contribution < -0.4 is 15.6 Å². The Kier molecular flexibility index (Phi) is 6.19. The fourth-order valence-corrected chi connectivity index (χ4v) is 5.71. The number of carbonyl (C=O) groups is 2. The number of thioether (sulfide) groups is 1. The first kappa shape index (κ1) is 20.6. The summed E-state index contributed by atoms with van der Waals surface area (Å²) in [6.07, 6.45) is 4.83. The number of carbonyl (C=O) groups excluding carboxylic acids is 2. The zero-order valence-electron chi connectivity index (χ0n) is 16.7. The summed E-state index contributed by atoms with van der Waals surface area (Å²) in [4.78, 5) is 35.6. The summed E-state index contributed by atoms with van der Waals surface area (Å²) in [5, 5.41) is 1.91. The van der Waals surface area contributed by atoms with Crippen molar-refractivity contribution >= 4 is 45.1 Å². The monoisotopic (exact) mass is 442 g/mol. The van der Waals surface area contributed by atoms with E-state index in [4.69, 9.17) is 4.74 Å². The summed E-state index contributed by atoms with van der Waals surface area (Å²) in [5.41, 5.74) is 6.66. The second-order valence-corrected chi connectivity index (χ2v) is 9.28. The van der Waals surface area contributed by atoms with E-state index in [0.717, 1.165) is 34.5 Å². The van der Waals surface area contributed by atoms with Gasteiger partial charge in [-0.1, -0.05) is 18.7 Å². The van der Waals surface area contributed by atoms with Gasteiger partial charge in [-0.05, 0) is 55.0 Å². The van der Waals surface area contributed by atoms with Crippen molar-refractivity contribution in [3.63, 3.8) is 0 Å². The summed E-state index contributed by atoms with van der Waals surface area (Å²) in [6, 6.07) is 6.64. The summed E-state index contributed by atoms with van der Waals surface area (Å²) in [7, 11) is 1.56. The normalized spacial score (nSPS) is 15.5. The van der Waals surface area contributed by atoms with Crippen LogP contribution in [0.1, 0.15) is 34.1 Å². The molecule has 156 valence electrons. The highest BCUT2D eigenvalue weighted by Crippen LogP contribution is 2.40. The predicted octanol–water partition coefficient (Wildman–Crippen LogP) is 3.38. The number of hydrogen-bond acceptors (Lipinski definition) is 7. The van der Waals surface area contributed by atoms with Crippen LogP contribution in [0.4, 0.5) is 0 Å². The van der Waals surface area contributed by atoms with Gasteiger partial charge in [0.2, 0.25) is 5.91 Å². The van der Waals surface area contributed by atoms with Gasteiger partial charge in [-0.25, -0.2) is 9.97 Å². The fourth-order valence-electron chi connectivity index (χ4n) is 3.47. The third-order valence-corrected chi connectivity index (χ3v) is 7.22. The maximum absolute atomic E-state index is 12.3. The standard InChI is InChI=1S/C21H22N4O3S2/c1-12-3-8-15-16(9-12)30-21-18(15)20(22-11-23-21)29-10-17(26)24-25-19(27)13-4-6-14(28-2)7-5-13/h4-7,11-12H,3,8-10H2,1-2H3,(H,24,26)(H,25,27). The van der Waals surface area contributed by atoms with Crippen molar-refractivity contribution in [2.45, 2.75) is 31.2 Å². The van der Waals surface area contributed by atoms with Gasteiger partial charge in [0.15, 0.2) is 0 Å². The molecule has 4 rings (SSSR count). The number of aromatic nitrogens is 2. The number of hydrazine groups is 1. The lowest BCUT2D eigenvalue weighted by Gasteiger charge is -2.18. The van der Waals surface area contributed by atoms with Crippen LogP contribution in [-0.2, 0) is 17.6 Å². The molecule has 0 bridgehead atoms. The minimum atomic E-state index is -0.388. The maximum atomic E-state index is 12.3. The Bertz CT molecular complexity index is 1080. The van der Waals surface area contributed by atoms with Crippen LogP contribution in [0.2, 0.25) is 0 Å². The van der Waals surface area contributed by atoms with E-state index in [1.54, 1.807) is 49.0 Å². The number of nitrogens with zero attached hydrogens (tertiary/aromatic N) is 2. The lowest BCUT2D eigenvalue weighted by molar-refractivity contribution is -0.119. The van der Waals surface area contributed by atoms with Gasteiger partial charge in [-0.2, -0.15) is 0 Å². The first-order valence-corrected chi connectivity index (χ1v) is 11.5. The van der Waals surface area contributed by atoms with Gasteiger partial charge in [0, 0.05) is 15.8 Å². The van der Waals surface area contributed by atoms with Crippen LogP contribution in [-0.4, -0.2) is 34.6 Å². The van der Waals surface area contributed by atoms with Crippen LogP contribution in [0.3, 0.4) is 0 Å². The maximum Gasteiger partial charge on any atom is 0.269 e. The van der Waals surface area contributed by atoms with E-state index >= 15 is 0 Å². The second-order valence-electron chi connectivity index (χ2n) is 7.23. The quantitative estimate of drug-likeness (QED) is 0.357. The molecule has 7 nitrogen and oxygen atoms in total. The number of hydrogen-bond donors (Lipinski definition) is 2. The minimum absolute atomic E-state index is 0.149. The third kappa shape index (κ3) is 4.41. The second kappa shape index (κ2) is 9.01. The largest absolute Gasteiger partial charge is 0.497 e. The molecule has 9 heteroatoms. The lowest BCUT2D eigenvalue weighted by Crippen LogP contribution is -2.42. The summed E-state index contributed by atoms with van der Waals surface area (Å²) in [6.45, 7) is 2.28. The van der Waals surface area contributed by atoms with Crippen molar-refractivity contribution in [1.29, 1.82) is 0 Å². The fraction of sp³-hybridized carbons (Fsp3) is 0.333. The number of fused-ring (bicyclic) bond motifs is 3. The van der Waals surface area contributed by atoms with Gasteiger partial charge in [-0.15, -0.1) is 11.3 Å². The molecule has 2 N–H and O–H groups in total. The number of nitrogens with one attached hydrogen (secondary N) is 2. The van der Waals surface area contributed by atoms with E-state index in [-0.39, 0.29) is 17.6 Å². The molecule has 2 amide bonds. The Balaban J connectivity index is 1.37. The zero-order valence-corrected chi connectivity index (χ0v) is 18.4. The van der Waals surface area contributed by atoms with Crippen LogP contribution in [0, 0.1) is 5.92 Å². The molecular formula is C21H22N4O3S2. The van der Waals surface area contributed by atoms with Crippen molar-refractivity contribution in [2.75, 3.05) is 12.9 Å². The van der Waals surface area contributed by atoms with Crippen molar-refractivity contribution in [3.8, 4) is 5.75 Å². The summed E-state index contributed by atoms with van der Waals surface area (Å²) in [5.74, 6) is 0.812. The van der Waals surface area contributed by atoms with Crippen molar-refractivity contribution in [2.24, 2.45) is 5.92 Å². The molecule has 1 unspecified atom stereocenters. The Hall–Kier alpha value is -2.65. The molecule has 1 aliphatic carbocycles. The van der Waals surface area contributed by atoms with Gasteiger partial charge in [0.05, 0.1) is 12.9 Å². The van der Waals surface area contributed by atoms with E-state index in [1.165, 1.54) is 22.2 Å². The van der Waals surface area contributed by atoms with E-state index in [9.17, 15) is 9.59 Å². The molecule has 0 saturated carbocycles. The molecule has 0 saturated heterocycles. The van der Waals surface area contributed by atoms with Gasteiger partial charge < -0.3 is 4.74 Å². The molecule has 30 heavy (non-hydrogen) atoms. The minimum Gasteiger partial charge on any atom is -0.497 e. The topological polar surface area (TPSA) is 93.2 Å². The number of rotatable bonds is 5. The highest BCUT2D eigenvalue weighted by molar-refractivity contribution is 8.00. The Morgan fingerprint density at radius 1 is 1.23 bits per heavy atom. The average Bonchev–Trinajstić information content (AvgIpc) is 3.14. The molecule has 0 fully saturated rings. The molecular weight excluding hydrogens is 420 g/mol. The number of ether oxygens (including phenoxy) is 1. The third-order valence-electron chi connectivity index (χ3n) is 5.06. The molecule has 0 spiro atoms. The molecule has 3 aromatic rings. The highest BCUT2D eigenvalue weighted by atomic mass is 32.2. The molecule has 0 aliphatic heterocycles. The highest BCUT2D eigenvalue weighted by Gasteiger charge is 2.23. The van der Waals surface area contributed by atoms with Crippen LogP contribution >= 0.6 is 23.1 Å². The molecule has 0 radical (unpaired) electrons. The van der Waals surface area contributed by atoms with Crippen LogP contribution in [0.15, 0.2) is 35.6 Å². The Morgan fingerprint density at radius 2 is 2.03 bits per heavy atom. The van der Waals surface area contributed by atoms with E-state index in [2.05, 4.69) is 27.7 Å². The summed E-state index contributed by atoms with van der Waals surface area (Å²) >= 11 is 3.10. The SMILES string of the molecule is COc1ccc(C(=O)NNC(=O)CSc2ncnc3sc4c(c23)CCC(C)C4)cc1. The van der Waals surface area contributed by atoms with E-state index < -0.39 is 0 Å². The van der Waals surface area contributed by atoms with Crippen molar-refractivity contribution in [3.05, 3.63) is 46.6 Å². The first-order chi connectivity index (χ1) is 14.5. The Labute approximate surface area is 182 Å². The van der Waals surface area contributed by atoms with Crippen LogP contribution in [0.25, 0.3) is 10.2 Å². The molecule has 1 atom stereocenters. The van der Waals surface area contributed by atoms with Gasteiger partial charge >= 0.3 is 0 Å². The van der Waals surface area contributed by atoms with Gasteiger partial charge in [0.1, 0.15) is 21.9 Å².